The van der Waals surface area contributed by atoms with Crippen LogP contribution >= 0.6 is 15.9 Å². The van der Waals surface area contributed by atoms with Gasteiger partial charge in [0.2, 0.25) is 0 Å². The third kappa shape index (κ3) is 5.96. The molecular formula is C14H22BrNO2. The zero-order valence-corrected chi connectivity index (χ0v) is 12.9. The van der Waals surface area contributed by atoms with Crippen molar-refractivity contribution < 1.29 is 9.47 Å². The summed E-state index contributed by atoms with van der Waals surface area (Å²) < 4.78 is 12.2. The number of hydrogen-bond acceptors (Lipinski definition) is 3. The van der Waals surface area contributed by atoms with Gasteiger partial charge in [0.15, 0.2) is 0 Å². The molecule has 4 heteroatoms. The number of ether oxygens (including phenoxy) is 2. The summed E-state index contributed by atoms with van der Waals surface area (Å²) in [5.74, 6) is 0. The molecule has 0 unspecified atom stereocenters. The molecule has 0 aliphatic carbocycles. The predicted octanol–water partition coefficient (Wildman–Crippen LogP) is 3.24. The molecule has 0 saturated heterocycles. The summed E-state index contributed by atoms with van der Waals surface area (Å²) in [4.78, 5) is 0. The molecule has 0 aromatic heterocycles. The van der Waals surface area contributed by atoms with Gasteiger partial charge in [-0.25, -0.2) is 0 Å². The highest BCUT2D eigenvalue weighted by molar-refractivity contribution is 9.10. The molecule has 0 spiro atoms. The lowest BCUT2D eigenvalue weighted by Gasteiger charge is -2.19. The van der Waals surface area contributed by atoms with Gasteiger partial charge in [0.05, 0.1) is 25.4 Å². The van der Waals surface area contributed by atoms with Gasteiger partial charge in [0.1, 0.15) is 0 Å². The van der Waals surface area contributed by atoms with E-state index in [1.165, 1.54) is 0 Å². The van der Waals surface area contributed by atoms with Crippen LogP contribution < -0.4 is 5.73 Å². The second kappa shape index (κ2) is 7.24. The van der Waals surface area contributed by atoms with E-state index in [0.717, 1.165) is 15.6 Å². The average Bonchev–Trinajstić information content (AvgIpc) is 2.29. The van der Waals surface area contributed by atoms with Gasteiger partial charge in [-0.2, -0.15) is 0 Å². The fraction of sp³-hybridized carbons (Fsp3) is 0.571. The first-order chi connectivity index (χ1) is 8.42. The number of nitrogens with two attached hydrogens (primary N) is 1. The minimum atomic E-state index is -0.104. The van der Waals surface area contributed by atoms with Crippen molar-refractivity contribution in [3.05, 3.63) is 33.8 Å². The Morgan fingerprint density at radius 1 is 1.22 bits per heavy atom. The molecule has 1 aromatic carbocycles. The zero-order valence-electron chi connectivity index (χ0n) is 11.3. The molecule has 3 nitrogen and oxygen atoms in total. The quantitative estimate of drug-likeness (QED) is 0.820. The van der Waals surface area contributed by atoms with Crippen molar-refractivity contribution in [2.24, 2.45) is 5.73 Å². The number of rotatable bonds is 6. The topological polar surface area (TPSA) is 44.5 Å². The fourth-order valence-electron chi connectivity index (χ4n) is 1.42. The van der Waals surface area contributed by atoms with Gasteiger partial charge in [0.25, 0.3) is 0 Å². The van der Waals surface area contributed by atoms with Gasteiger partial charge in [-0.1, -0.05) is 28.1 Å². The molecule has 18 heavy (non-hydrogen) atoms. The molecule has 2 N–H and O–H groups in total. The molecule has 102 valence electrons. The van der Waals surface area contributed by atoms with Crippen molar-refractivity contribution >= 4 is 15.9 Å². The van der Waals surface area contributed by atoms with E-state index >= 15 is 0 Å². The van der Waals surface area contributed by atoms with Gasteiger partial charge in [-0.15, -0.1) is 0 Å². The molecular weight excluding hydrogens is 294 g/mol. The zero-order chi connectivity index (χ0) is 13.6. The van der Waals surface area contributed by atoms with E-state index < -0.39 is 0 Å². The van der Waals surface area contributed by atoms with E-state index in [-0.39, 0.29) is 5.60 Å². The molecule has 0 fully saturated rings. The Labute approximate surface area is 118 Å². The van der Waals surface area contributed by atoms with E-state index in [9.17, 15) is 0 Å². The van der Waals surface area contributed by atoms with Gasteiger partial charge >= 0.3 is 0 Å². The molecule has 0 radical (unpaired) electrons. The summed E-state index contributed by atoms with van der Waals surface area (Å²) in [6, 6.07) is 6.09. The van der Waals surface area contributed by atoms with Crippen LogP contribution in [0.25, 0.3) is 0 Å². The van der Waals surface area contributed by atoms with Gasteiger partial charge in [-0.3, -0.25) is 0 Å². The maximum absolute atomic E-state index is 5.58. The van der Waals surface area contributed by atoms with Crippen LogP contribution in [0.2, 0.25) is 0 Å². The van der Waals surface area contributed by atoms with Crippen LogP contribution in [0.5, 0.6) is 0 Å². The largest absolute Gasteiger partial charge is 0.374 e. The average molecular weight is 316 g/mol. The Morgan fingerprint density at radius 2 is 1.94 bits per heavy atom. The first kappa shape index (κ1) is 15.6. The van der Waals surface area contributed by atoms with Crippen LogP contribution in [0.4, 0.5) is 0 Å². The minimum Gasteiger partial charge on any atom is -0.374 e. The van der Waals surface area contributed by atoms with Crippen molar-refractivity contribution in [3.63, 3.8) is 0 Å². The van der Waals surface area contributed by atoms with E-state index in [0.29, 0.717) is 26.4 Å². The van der Waals surface area contributed by atoms with Crippen molar-refractivity contribution in [1.82, 2.24) is 0 Å². The first-order valence-corrected chi connectivity index (χ1v) is 6.91. The fourth-order valence-corrected chi connectivity index (χ4v) is 1.96. The molecule has 0 aliphatic heterocycles. The van der Waals surface area contributed by atoms with Gasteiger partial charge in [0, 0.05) is 11.0 Å². The van der Waals surface area contributed by atoms with Crippen molar-refractivity contribution in [3.8, 4) is 0 Å². The molecule has 0 bridgehead atoms. The highest BCUT2D eigenvalue weighted by Crippen LogP contribution is 2.19. The Morgan fingerprint density at radius 3 is 2.50 bits per heavy atom. The predicted molar refractivity (Wildman–Crippen MR) is 77.4 cm³/mol. The summed E-state index contributed by atoms with van der Waals surface area (Å²) in [5, 5.41) is 0. The maximum atomic E-state index is 5.58. The van der Waals surface area contributed by atoms with Crippen LogP contribution in [-0.2, 0) is 22.6 Å². The number of halogens is 1. The van der Waals surface area contributed by atoms with Crippen LogP contribution in [0.15, 0.2) is 22.7 Å². The van der Waals surface area contributed by atoms with E-state index in [4.69, 9.17) is 15.2 Å². The minimum absolute atomic E-state index is 0.104. The summed E-state index contributed by atoms with van der Waals surface area (Å²) in [6.07, 6.45) is 0. The maximum Gasteiger partial charge on any atom is 0.0728 e. The smallest absolute Gasteiger partial charge is 0.0728 e. The lowest BCUT2D eigenvalue weighted by molar-refractivity contribution is -0.0377. The second-order valence-electron chi connectivity index (χ2n) is 5.14. The molecule has 0 atom stereocenters. The van der Waals surface area contributed by atoms with Crippen LogP contribution in [0.3, 0.4) is 0 Å². The van der Waals surface area contributed by atoms with Crippen molar-refractivity contribution in [2.75, 3.05) is 13.2 Å². The summed E-state index contributed by atoms with van der Waals surface area (Å²) in [6.45, 7) is 8.46. The van der Waals surface area contributed by atoms with E-state index in [1.807, 2.05) is 39.0 Å². The molecule has 0 amide bonds. The summed E-state index contributed by atoms with van der Waals surface area (Å²) in [5.41, 5.74) is 7.72. The normalized spacial score (nSPS) is 11.8. The first-order valence-electron chi connectivity index (χ1n) is 6.11. The van der Waals surface area contributed by atoms with Crippen LogP contribution in [-0.4, -0.2) is 18.8 Å². The Bertz CT molecular complexity index is 375. The lowest BCUT2D eigenvalue weighted by atomic mass is 10.1. The van der Waals surface area contributed by atoms with Crippen LogP contribution in [0, 0.1) is 0 Å². The van der Waals surface area contributed by atoms with E-state index in [2.05, 4.69) is 15.9 Å². The van der Waals surface area contributed by atoms with Gasteiger partial charge < -0.3 is 15.2 Å². The van der Waals surface area contributed by atoms with Crippen molar-refractivity contribution in [2.45, 2.75) is 39.5 Å². The molecule has 1 rings (SSSR count). The standard InChI is InChI=1S/C14H22BrNO2/c1-14(2,3)18-7-6-17-10-12-5-4-11(9-16)8-13(12)15/h4-5,8H,6-7,9-10,16H2,1-3H3. The SMILES string of the molecule is CC(C)(C)OCCOCc1ccc(CN)cc1Br. The third-order valence-corrected chi connectivity index (χ3v) is 3.11. The lowest BCUT2D eigenvalue weighted by Crippen LogP contribution is -2.21. The second-order valence-corrected chi connectivity index (χ2v) is 6.00. The van der Waals surface area contributed by atoms with Crippen molar-refractivity contribution in [1.29, 1.82) is 0 Å². The highest BCUT2D eigenvalue weighted by atomic mass is 79.9. The number of benzene rings is 1. The highest BCUT2D eigenvalue weighted by Gasteiger charge is 2.09. The molecule has 0 aliphatic rings. The van der Waals surface area contributed by atoms with Gasteiger partial charge in [-0.05, 0) is 38.0 Å². The Kier molecular flexibility index (Phi) is 6.29. The Hall–Kier alpha value is -0.420. The molecule has 1 aromatic rings. The van der Waals surface area contributed by atoms with E-state index in [1.54, 1.807) is 0 Å². The summed E-state index contributed by atoms with van der Waals surface area (Å²) >= 11 is 3.52. The monoisotopic (exact) mass is 315 g/mol. The molecule has 0 heterocycles. The van der Waals surface area contributed by atoms with Crippen LogP contribution in [0.1, 0.15) is 31.9 Å². The molecule has 0 saturated carbocycles. The third-order valence-electron chi connectivity index (χ3n) is 2.37. The Balaban J connectivity index is 2.31. The summed E-state index contributed by atoms with van der Waals surface area (Å²) in [7, 11) is 0. The number of hydrogen-bond donors (Lipinski definition) is 1.